The Hall–Kier alpha value is -1.27. The third kappa shape index (κ3) is 3.64. The van der Waals surface area contributed by atoms with Crippen molar-refractivity contribution in [1.82, 2.24) is 0 Å². The monoisotopic (exact) mass is 306 g/mol. The second-order valence-electron chi connectivity index (χ2n) is 5.17. The predicted molar refractivity (Wildman–Crippen MR) is 70.5 cm³/mol. The molecular formula is C13H14ClF3N2O. The number of nitrogens with one attached hydrogen (secondary N) is 1. The summed E-state index contributed by atoms with van der Waals surface area (Å²) < 4.78 is 37.9. The zero-order valence-corrected chi connectivity index (χ0v) is 11.3. The summed E-state index contributed by atoms with van der Waals surface area (Å²) in [5, 5.41) is 2.33. The molecule has 1 amide bonds. The largest absolute Gasteiger partial charge is 0.416 e. The number of rotatable bonds is 3. The summed E-state index contributed by atoms with van der Waals surface area (Å²) in [5.74, 6) is -0.400. The van der Waals surface area contributed by atoms with Crippen LogP contribution in [0.1, 0.15) is 31.2 Å². The number of alkyl halides is 3. The molecule has 1 fully saturated rings. The van der Waals surface area contributed by atoms with E-state index in [1.807, 2.05) is 0 Å². The zero-order chi connectivity index (χ0) is 15.0. The van der Waals surface area contributed by atoms with Crippen LogP contribution in [0.4, 0.5) is 18.9 Å². The average Bonchev–Trinajstić information content (AvgIpc) is 2.24. The van der Waals surface area contributed by atoms with Gasteiger partial charge in [0.2, 0.25) is 5.91 Å². The van der Waals surface area contributed by atoms with Crippen molar-refractivity contribution >= 4 is 23.2 Å². The second kappa shape index (κ2) is 5.26. The molecule has 0 bridgehead atoms. The summed E-state index contributed by atoms with van der Waals surface area (Å²) >= 11 is 5.64. The highest BCUT2D eigenvalue weighted by Crippen LogP contribution is 2.34. The SMILES string of the molecule is NC1(CC(=O)Nc2cc(Cl)cc(C(F)(F)F)c2)CCC1. The molecule has 0 aromatic heterocycles. The lowest BCUT2D eigenvalue weighted by atomic mass is 9.75. The van der Waals surface area contributed by atoms with Crippen LogP contribution >= 0.6 is 11.6 Å². The standard InChI is InChI=1S/C13H14ClF3N2O/c14-9-4-8(13(15,16)17)5-10(6-9)19-11(20)7-12(18)2-1-3-12/h4-6H,1-3,7,18H2,(H,19,20). The maximum Gasteiger partial charge on any atom is 0.416 e. The quantitative estimate of drug-likeness (QED) is 0.897. The number of nitrogens with two attached hydrogens (primary N) is 1. The van der Waals surface area contributed by atoms with Gasteiger partial charge in [0.05, 0.1) is 5.56 Å². The van der Waals surface area contributed by atoms with Crippen molar-refractivity contribution in [2.75, 3.05) is 5.32 Å². The summed E-state index contributed by atoms with van der Waals surface area (Å²) in [7, 11) is 0. The fourth-order valence-corrected chi connectivity index (χ4v) is 2.39. The van der Waals surface area contributed by atoms with E-state index in [-0.39, 0.29) is 17.1 Å². The lowest BCUT2D eigenvalue weighted by molar-refractivity contribution is -0.137. The van der Waals surface area contributed by atoms with E-state index in [4.69, 9.17) is 17.3 Å². The number of carbonyl (C=O) groups excluding carboxylic acids is 1. The Balaban J connectivity index is 2.09. The molecule has 0 heterocycles. The van der Waals surface area contributed by atoms with E-state index < -0.39 is 23.2 Å². The lowest BCUT2D eigenvalue weighted by Gasteiger charge is -2.37. The van der Waals surface area contributed by atoms with Gasteiger partial charge in [0, 0.05) is 22.7 Å². The molecule has 2 rings (SSSR count). The fraction of sp³-hybridized carbons (Fsp3) is 0.462. The molecule has 110 valence electrons. The smallest absolute Gasteiger partial charge is 0.326 e. The van der Waals surface area contributed by atoms with Gasteiger partial charge in [-0.2, -0.15) is 13.2 Å². The van der Waals surface area contributed by atoms with Crippen LogP contribution in [0.15, 0.2) is 18.2 Å². The van der Waals surface area contributed by atoms with Crippen LogP contribution in [0.5, 0.6) is 0 Å². The first-order valence-electron chi connectivity index (χ1n) is 6.14. The number of halogens is 4. The summed E-state index contributed by atoms with van der Waals surface area (Å²) in [4.78, 5) is 11.8. The van der Waals surface area contributed by atoms with E-state index >= 15 is 0 Å². The van der Waals surface area contributed by atoms with Crippen molar-refractivity contribution < 1.29 is 18.0 Å². The van der Waals surface area contributed by atoms with E-state index in [0.717, 1.165) is 31.4 Å². The van der Waals surface area contributed by atoms with Crippen LogP contribution in [0.2, 0.25) is 5.02 Å². The van der Waals surface area contributed by atoms with Crippen molar-refractivity contribution in [1.29, 1.82) is 0 Å². The van der Waals surface area contributed by atoms with Crippen molar-refractivity contribution in [2.24, 2.45) is 5.73 Å². The van der Waals surface area contributed by atoms with E-state index in [9.17, 15) is 18.0 Å². The van der Waals surface area contributed by atoms with Crippen LogP contribution in [0.25, 0.3) is 0 Å². The van der Waals surface area contributed by atoms with E-state index in [1.54, 1.807) is 0 Å². The van der Waals surface area contributed by atoms with Crippen LogP contribution in [-0.2, 0) is 11.0 Å². The third-order valence-electron chi connectivity index (χ3n) is 3.37. The highest BCUT2D eigenvalue weighted by molar-refractivity contribution is 6.31. The molecule has 0 radical (unpaired) electrons. The maximum absolute atomic E-state index is 12.6. The van der Waals surface area contributed by atoms with Gasteiger partial charge in [-0.1, -0.05) is 11.6 Å². The molecule has 3 N–H and O–H groups in total. The van der Waals surface area contributed by atoms with Gasteiger partial charge < -0.3 is 11.1 Å². The number of anilines is 1. The predicted octanol–water partition coefficient (Wildman–Crippen LogP) is 3.57. The molecule has 7 heteroatoms. The van der Waals surface area contributed by atoms with Gasteiger partial charge in [0.25, 0.3) is 0 Å². The highest BCUT2D eigenvalue weighted by Gasteiger charge is 2.35. The molecule has 1 aliphatic rings. The Labute approximate surface area is 119 Å². The number of benzene rings is 1. The van der Waals surface area contributed by atoms with Crippen LogP contribution in [-0.4, -0.2) is 11.4 Å². The average molecular weight is 307 g/mol. The van der Waals surface area contributed by atoms with E-state index in [0.29, 0.717) is 0 Å². The molecule has 3 nitrogen and oxygen atoms in total. The summed E-state index contributed by atoms with van der Waals surface area (Å²) in [6.45, 7) is 0. The molecule has 0 unspecified atom stereocenters. The van der Waals surface area contributed by atoms with E-state index in [2.05, 4.69) is 5.32 Å². The van der Waals surface area contributed by atoms with Crippen molar-refractivity contribution in [3.63, 3.8) is 0 Å². The first kappa shape index (κ1) is 15.1. The Bertz CT molecular complexity index is 527. The van der Waals surface area contributed by atoms with Gasteiger partial charge in [-0.3, -0.25) is 4.79 Å². The Morgan fingerprint density at radius 3 is 2.50 bits per heavy atom. The molecule has 1 saturated carbocycles. The van der Waals surface area contributed by atoms with Gasteiger partial charge in [-0.25, -0.2) is 0 Å². The van der Waals surface area contributed by atoms with Gasteiger partial charge >= 0.3 is 6.18 Å². The molecule has 0 aliphatic heterocycles. The van der Waals surface area contributed by atoms with Gasteiger partial charge in [-0.15, -0.1) is 0 Å². The number of hydrogen-bond acceptors (Lipinski definition) is 2. The van der Waals surface area contributed by atoms with E-state index in [1.165, 1.54) is 6.07 Å². The van der Waals surface area contributed by atoms with Crippen molar-refractivity contribution in [2.45, 2.75) is 37.4 Å². The Kier molecular flexibility index (Phi) is 3.97. The summed E-state index contributed by atoms with van der Waals surface area (Å²) in [5.41, 5.74) is 4.53. The highest BCUT2D eigenvalue weighted by atomic mass is 35.5. The van der Waals surface area contributed by atoms with Crippen LogP contribution in [0.3, 0.4) is 0 Å². The first-order valence-corrected chi connectivity index (χ1v) is 6.52. The van der Waals surface area contributed by atoms with Gasteiger partial charge in [0.1, 0.15) is 0 Å². The molecule has 0 atom stereocenters. The number of amides is 1. The van der Waals surface area contributed by atoms with Crippen LogP contribution < -0.4 is 11.1 Å². The Morgan fingerprint density at radius 2 is 2.00 bits per heavy atom. The minimum absolute atomic E-state index is 0.0257. The molecule has 1 aromatic rings. The minimum Gasteiger partial charge on any atom is -0.326 e. The molecule has 1 aromatic carbocycles. The van der Waals surface area contributed by atoms with Gasteiger partial charge in [-0.05, 0) is 37.5 Å². The topological polar surface area (TPSA) is 55.1 Å². The molecule has 0 saturated heterocycles. The van der Waals surface area contributed by atoms with Crippen molar-refractivity contribution in [3.05, 3.63) is 28.8 Å². The Morgan fingerprint density at radius 1 is 1.35 bits per heavy atom. The zero-order valence-electron chi connectivity index (χ0n) is 10.6. The van der Waals surface area contributed by atoms with Crippen LogP contribution in [0, 0.1) is 0 Å². The summed E-state index contributed by atoms with van der Waals surface area (Å²) in [6, 6.07) is 2.94. The van der Waals surface area contributed by atoms with Crippen molar-refractivity contribution in [3.8, 4) is 0 Å². The van der Waals surface area contributed by atoms with Gasteiger partial charge in [0.15, 0.2) is 0 Å². The second-order valence-corrected chi connectivity index (χ2v) is 5.60. The number of carbonyl (C=O) groups is 1. The third-order valence-corrected chi connectivity index (χ3v) is 3.59. The number of hydrogen-bond donors (Lipinski definition) is 2. The molecule has 20 heavy (non-hydrogen) atoms. The molecular weight excluding hydrogens is 293 g/mol. The molecule has 0 spiro atoms. The first-order chi connectivity index (χ1) is 9.18. The lowest BCUT2D eigenvalue weighted by Crippen LogP contribution is -2.48. The fourth-order valence-electron chi connectivity index (χ4n) is 2.16. The minimum atomic E-state index is -4.51. The summed E-state index contributed by atoms with van der Waals surface area (Å²) in [6.07, 6.45) is -1.93. The normalized spacial score (nSPS) is 17.4. The maximum atomic E-state index is 12.6. The molecule has 1 aliphatic carbocycles.